The Labute approximate surface area is 131 Å². The number of likely N-dealkylation sites (tertiary alicyclic amines) is 2. The molecule has 2 aliphatic rings. The highest BCUT2D eigenvalue weighted by Crippen LogP contribution is 2.18. The van der Waals surface area contributed by atoms with E-state index < -0.39 is 0 Å². The number of rotatable bonds is 5. The highest BCUT2D eigenvalue weighted by atomic mass is 16.5. The topological polar surface area (TPSA) is 58.6 Å². The van der Waals surface area contributed by atoms with Gasteiger partial charge in [0.1, 0.15) is 0 Å². The molecule has 22 heavy (non-hydrogen) atoms. The molecular weight excluding hydrogens is 280 g/mol. The molecule has 6 nitrogen and oxygen atoms in total. The van der Waals surface area contributed by atoms with Gasteiger partial charge in [0.25, 0.3) is 0 Å². The molecule has 2 aliphatic heterocycles. The van der Waals surface area contributed by atoms with Crippen LogP contribution in [0, 0.1) is 5.92 Å². The van der Waals surface area contributed by atoms with E-state index in [1.807, 2.05) is 4.90 Å². The van der Waals surface area contributed by atoms with Gasteiger partial charge in [-0.15, -0.1) is 0 Å². The third-order valence-electron chi connectivity index (χ3n) is 4.43. The first-order valence-corrected chi connectivity index (χ1v) is 8.20. The van der Waals surface area contributed by atoms with Crippen LogP contribution in [-0.4, -0.2) is 65.0 Å². The monoisotopic (exact) mass is 304 g/mol. The predicted molar refractivity (Wildman–Crippen MR) is 82.5 cm³/mol. The van der Waals surface area contributed by atoms with Crippen molar-refractivity contribution in [3.05, 3.63) is 18.6 Å². The second-order valence-corrected chi connectivity index (χ2v) is 6.19. The molecule has 2 saturated heterocycles. The maximum absolute atomic E-state index is 12.2. The molecule has 120 valence electrons. The van der Waals surface area contributed by atoms with Crippen molar-refractivity contribution in [2.45, 2.75) is 25.7 Å². The Morgan fingerprint density at radius 1 is 1.23 bits per heavy atom. The zero-order valence-electron chi connectivity index (χ0n) is 13.0. The molecule has 1 aromatic rings. The van der Waals surface area contributed by atoms with Gasteiger partial charge in [0.2, 0.25) is 11.8 Å². The van der Waals surface area contributed by atoms with Gasteiger partial charge in [0, 0.05) is 37.9 Å². The van der Waals surface area contributed by atoms with E-state index in [0.717, 1.165) is 51.9 Å². The van der Waals surface area contributed by atoms with Gasteiger partial charge in [0.15, 0.2) is 0 Å². The third kappa shape index (κ3) is 4.16. The summed E-state index contributed by atoms with van der Waals surface area (Å²) in [5.41, 5.74) is 0. The molecule has 0 saturated carbocycles. The summed E-state index contributed by atoms with van der Waals surface area (Å²) in [6, 6.07) is 0. The minimum absolute atomic E-state index is 0.285. The van der Waals surface area contributed by atoms with Crippen LogP contribution in [0.25, 0.3) is 0 Å². The fourth-order valence-corrected chi connectivity index (χ4v) is 3.25. The largest absolute Gasteiger partial charge is 0.476 e. The molecule has 1 unspecified atom stereocenters. The van der Waals surface area contributed by atoms with Crippen molar-refractivity contribution < 1.29 is 9.53 Å². The number of carbonyl (C=O) groups excluding carboxylic acids is 1. The standard InChI is InChI=1S/C16H24N4O2/c21-16(20-8-1-2-9-20)12-19-7-3-4-14(11-19)13-22-15-10-17-5-6-18-15/h5-6,10,14H,1-4,7-9,11-13H2. The lowest BCUT2D eigenvalue weighted by Gasteiger charge is -2.32. The minimum atomic E-state index is 0.285. The highest BCUT2D eigenvalue weighted by molar-refractivity contribution is 5.78. The van der Waals surface area contributed by atoms with E-state index in [1.54, 1.807) is 18.6 Å². The lowest BCUT2D eigenvalue weighted by Crippen LogP contribution is -2.44. The van der Waals surface area contributed by atoms with E-state index in [9.17, 15) is 4.79 Å². The molecule has 0 spiro atoms. The van der Waals surface area contributed by atoms with Crippen LogP contribution in [0.4, 0.5) is 0 Å². The van der Waals surface area contributed by atoms with Crippen LogP contribution in [0.5, 0.6) is 5.88 Å². The molecule has 0 N–H and O–H groups in total. The lowest BCUT2D eigenvalue weighted by molar-refractivity contribution is -0.131. The van der Waals surface area contributed by atoms with Gasteiger partial charge in [0.05, 0.1) is 19.3 Å². The summed E-state index contributed by atoms with van der Waals surface area (Å²) >= 11 is 0. The van der Waals surface area contributed by atoms with Crippen LogP contribution in [0.15, 0.2) is 18.6 Å². The summed E-state index contributed by atoms with van der Waals surface area (Å²) in [6.07, 6.45) is 9.49. The lowest BCUT2D eigenvalue weighted by atomic mass is 9.99. The number of ether oxygens (including phenoxy) is 1. The van der Waals surface area contributed by atoms with Crippen LogP contribution in [0.3, 0.4) is 0 Å². The summed E-state index contributed by atoms with van der Waals surface area (Å²) < 4.78 is 5.70. The Kier molecular flexibility index (Phi) is 5.21. The summed E-state index contributed by atoms with van der Waals surface area (Å²) in [6.45, 7) is 5.02. The minimum Gasteiger partial charge on any atom is -0.476 e. The molecule has 0 radical (unpaired) electrons. The van der Waals surface area contributed by atoms with E-state index in [2.05, 4.69) is 14.9 Å². The fourth-order valence-electron chi connectivity index (χ4n) is 3.25. The van der Waals surface area contributed by atoms with Gasteiger partial charge in [-0.2, -0.15) is 0 Å². The Bertz CT molecular complexity index is 476. The van der Waals surface area contributed by atoms with E-state index >= 15 is 0 Å². The van der Waals surface area contributed by atoms with Gasteiger partial charge in [-0.05, 0) is 32.2 Å². The molecule has 1 amide bonds. The van der Waals surface area contributed by atoms with Crippen molar-refractivity contribution >= 4 is 5.91 Å². The molecule has 6 heteroatoms. The average molecular weight is 304 g/mol. The van der Waals surface area contributed by atoms with Crippen molar-refractivity contribution in [2.24, 2.45) is 5.92 Å². The first-order valence-electron chi connectivity index (χ1n) is 8.20. The summed E-state index contributed by atoms with van der Waals surface area (Å²) in [4.78, 5) is 24.6. The van der Waals surface area contributed by atoms with E-state index in [4.69, 9.17) is 4.74 Å². The van der Waals surface area contributed by atoms with E-state index in [1.165, 1.54) is 0 Å². The summed E-state index contributed by atoms with van der Waals surface area (Å²) in [5, 5.41) is 0. The van der Waals surface area contributed by atoms with Crippen molar-refractivity contribution in [3.63, 3.8) is 0 Å². The van der Waals surface area contributed by atoms with Crippen LogP contribution >= 0.6 is 0 Å². The number of amides is 1. The van der Waals surface area contributed by atoms with Crippen molar-refractivity contribution in [1.29, 1.82) is 0 Å². The van der Waals surface area contributed by atoms with Gasteiger partial charge < -0.3 is 9.64 Å². The number of hydrogen-bond donors (Lipinski definition) is 0. The molecule has 3 heterocycles. The fraction of sp³-hybridized carbons (Fsp3) is 0.688. The Balaban J connectivity index is 1.43. The van der Waals surface area contributed by atoms with Crippen LogP contribution in [0.1, 0.15) is 25.7 Å². The Hall–Kier alpha value is -1.69. The Morgan fingerprint density at radius 3 is 2.86 bits per heavy atom. The quantitative estimate of drug-likeness (QED) is 0.818. The molecule has 3 rings (SSSR count). The molecule has 1 atom stereocenters. The van der Waals surface area contributed by atoms with E-state index in [-0.39, 0.29) is 5.91 Å². The number of aromatic nitrogens is 2. The number of nitrogens with zero attached hydrogens (tertiary/aromatic N) is 4. The van der Waals surface area contributed by atoms with Crippen LogP contribution in [0.2, 0.25) is 0 Å². The first kappa shape index (κ1) is 15.2. The SMILES string of the molecule is O=C(CN1CCCC(COc2cnccn2)C1)N1CCCC1. The van der Waals surface area contributed by atoms with Crippen molar-refractivity contribution in [2.75, 3.05) is 39.3 Å². The molecule has 0 aromatic carbocycles. The van der Waals surface area contributed by atoms with Gasteiger partial charge in [-0.1, -0.05) is 0 Å². The van der Waals surface area contributed by atoms with Gasteiger partial charge in [-0.25, -0.2) is 4.98 Å². The number of carbonyl (C=O) groups is 1. The zero-order valence-corrected chi connectivity index (χ0v) is 13.0. The molecular formula is C16H24N4O2. The number of hydrogen-bond acceptors (Lipinski definition) is 5. The normalized spacial score (nSPS) is 22.7. The molecule has 0 bridgehead atoms. The molecule has 0 aliphatic carbocycles. The Morgan fingerprint density at radius 2 is 2.09 bits per heavy atom. The van der Waals surface area contributed by atoms with Crippen LogP contribution in [-0.2, 0) is 4.79 Å². The maximum atomic E-state index is 12.2. The summed E-state index contributed by atoms with van der Waals surface area (Å²) in [7, 11) is 0. The first-order chi connectivity index (χ1) is 10.8. The van der Waals surface area contributed by atoms with Crippen molar-refractivity contribution in [1.82, 2.24) is 19.8 Å². The third-order valence-corrected chi connectivity index (χ3v) is 4.43. The van der Waals surface area contributed by atoms with Crippen molar-refractivity contribution in [3.8, 4) is 5.88 Å². The summed E-state index contributed by atoms with van der Waals surface area (Å²) in [5.74, 6) is 1.32. The second kappa shape index (κ2) is 7.54. The smallest absolute Gasteiger partial charge is 0.236 e. The predicted octanol–water partition coefficient (Wildman–Crippen LogP) is 1.19. The highest BCUT2D eigenvalue weighted by Gasteiger charge is 2.25. The van der Waals surface area contributed by atoms with Crippen LogP contribution < -0.4 is 4.74 Å². The zero-order chi connectivity index (χ0) is 15.2. The number of piperidine rings is 1. The van der Waals surface area contributed by atoms with E-state index in [0.29, 0.717) is 24.9 Å². The molecule has 2 fully saturated rings. The van der Waals surface area contributed by atoms with Gasteiger partial charge in [-0.3, -0.25) is 14.7 Å². The maximum Gasteiger partial charge on any atom is 0.236 e. The van der Waals surface area contributed by atoms with Gasteiger partial charge >= 0.3 is 0 Å². The average Bonchev–Trinajstić information content (AvgIpc) is 3.09. The molecule has 1 aromatic heterocycles. The second-order valence-electron chi connectivity index (χ2n) is 6.19.